The number of carbonyl (C=O) groups excluding carboxylic acids is 1. The van der Waals surface area contributed by atoms with E-state index < -0.39 is 30.3 Å². The monoisotopic (exact) mass is 478 g/mol. The number of carbonyl (C=O) groups is 2. The fraction of sp³-hybridized carbons (Fsp3) is 0.615. The first-order valence-electron chi connectivity index (χ1n) is 11.9. The highest BCUT2D eigenvalue weighted by molar-refractivity contribution is 5.83. The number of rotatable bonds is 5. The molecule has 0 bridgehead atoms. The first-order chi connectivity index (χ1) is 15.8. The molecule has 2 saturated carbocycles. The number of hydrogen-bond acceptors (Lipinski definition) is 2. The summed E-state index contributed by atoms with van der Waals surface area (Å²) in [6, 6.07) is 8.42. The molecule has 5 nitrogen and oxygen atoms in total. The van der Waals surface area contributed by atoms with Gasteiger partial charge in [-0.1, -0.05) is 69.7 Å². The van der Waals surface area contributed by atoms with Gasteiger partial charge in [-0.15, -0.1) is 0 Å². The van der Waals surface area contributed by atoms with Crippen LogP contribution in [-0.4, -0.2) is 57.8 Å². The molecular formula is C26H33F3N2O3. The lowest BCUT2D eigenvalue weighted by Gasteiger charge is -2.68. The van der Waals surface area contributed by atoms with E-state index in [2.05, 4.69) is 0 Å². The number of hydrogen-bond donors (Lipinski definition) is 1. The van der Waals surface area contributed by atoms with Crippen molar-refractivity contribution in [1.29, 1.82) is 0 Å². The molecule has 3 atom stereocenters. The Kier molecular flexibility index (Phi) is 6.01. The van der Waals surface area contributed by atoms with Gasteiger partial charge in [-0.05, 0) is 36.7 Å². The van der Waals surface area contributed by atoms with Crippen LogP contribution in [0.3, 0.4) is 0 Å². The highest BCUT2D eigenvalue weighted by Crippen LogP contribution is 2.61. The van der Waals surface area contributed by atoms with E-state index in [4.69, 9.17) is 0 Å². The summed E-state index contributed by atoms with van der Waals surface area (Å²) < 4.78 is 40.8. The van der Waals surface area contributed by atoms with Gasteiger partial charge in [-0.25, -0.2) is 4.79 Å². The van der Waals surface area contributed by atoms with Crippen LogP contribution in [-0.2, 0) is 4.79 Å². The number of halogens is 3. The van der Waals surface area contributed by atoms with Crippen LogP contribution in [0.4, 0.5) is 18.0 Å². The highest BCUT2D eigenvalue weighted by Gasteiger charge is 2.67. The lowest BCUT2D eigenvalue weighted by atomic mass is 9.50. The zero-order valence-electron chi connectivity index (χ0n) is 20.1. The lowest BCUT2D eigenvalue weighted by Crippen LogP contribution is -2.77. The van der Waals surface area contributed by atoms with Gasteiger partial charge in [-0.3, -0.25) is 4.79 Å². The topological polar surface area (TPSA) is 60.9 Å². The van der Waals surface area contributed by atoms with Crippen molar-refractivity contribution in [2.75, 3.05) is 6.54 Å². The van der Waals surface area contributed by atoms with Gasteiger partial charge in [0.25, 0.3) is 0 Å². The standard InChI is InChI=1S/C26H33F3N2O3/c1-5-17(11-16-9-7-6-8-10-16)19-12-20(19)31(22(32)26(27,28)29)18-13-25(14-18)15-30(23(33)34)21(25)24(2,3)4/h6-11,18-21H,5,12-15H2,1-4H3,(H,33,34). The summed E-state index contributed by atoms with van der Waals surface area (Å²) in [5, 5.41) is 9.54. The molecule has 8 heteroatoms. The van der Waals surface area contributed by atoms with E-state index in [1.807, 2.05) is 64.1 Å². The van der Waals surface area contributed by atoms with Gasteiger partial charge in [0.05, 0.1) is 0 Å². The smallest absolute Gasteiger partial charge is 0.465 e. The molecule has 186 valence electrons. The zero-order valence-corrected chi connectivity index (χ0v) is 20.1. The molecule has 3 aliphatic rings. The summed E-state index contributed by atoms with van der Waals surface area (Å²) in [6.45, 7) is 8.18. The maximum Gasteiger partial charge on any atom is 0.471 e. The lowest BCUT2D eigenvalue weighted by molar-refractivity contribution is -0.208. The Balaban J connectivity index is 1.54. The van der Waals surface area contributed by atoms with Crippen LogP contribution >= 0.6 is 0 Å². The third-order valence-electron chi connectivity index (χ3n) is 7.75. The predicted molar refractivity (Wildman–Crippen MR) is 123 cm³/mol. The van der Waals surface area contributed by atoms with E-state index in [-0.39, 0.29) is 22.8 Å². The molecule has 1 saturated heterocycles. The van der Waals surface area contributed by atoms with Crippen molar-refractivity contribution >= 4 is 18.1 Å². The van der Waals surface area contributed by atoms with Crippen LogP contribution in [0.2, 0.25) is 0 Å². The average Bonchev–Trinajstić information content (AvgIpc) is 3.45. The van der Waals surface area contributed by atoms with Gasteiger partial charge in [-0.2, -0.15) is 13.2 Å². The van der Waals surface area contributed by atoms with Gasteiger partial charge in [0.15, 0.2) is 0 Å². The minimum Gasteiger partial charge on any atom is -0.465 e. The molecule has 1 aliphatic heterocycles. The van der Waals surface area contributed by atoms with Crippen LogP contribution in [0, 0.1) is 16.7 Å². The Labute approximate surface area is 198 Å². The molecule has 0 radical (unpaired) electrons. The molecule has 1 aromatic carbocycles. The van der Waals surface area contributed by atoms with Crippen molar-refractivity contribution in [1.82, 2.24) is 9.80 Å². The zero-order chi connectivity index (χ0) is 25.1. The van der Waals surface area contributed by atoms with Crippen molar-refractivity contribution in [2.24, 2.45) is 16.7 Å². The molecule has 4 rings (SSSR count). The van der Waals surface area contributed by atoms with Crippen molar-refractivity contribution in [3.05, 3.63) is 41.5 Å². The average molecular weight is 479 g/mol. The molecule has 2 amide bonds. The molecular weight excluding hydrogens is 445 g/mol. The third kappa shape index (κ3) is 4.31. The van der Waals surface area contributed by atoms with Crippen LogP contribution in [0.5, 0.6) is 0 Å². The van der Waals surface area contributed by atoms with Crippen molar-refractivity contribution < 1.29 is 27.9 Å². The molecule has 2 aliphatic carbocycles. The van der Waals surface area contributed by atoms with Crippen LogP contribution in [0.25, 0.3) is 6.08 Å². The van der Waals surface area contributed by atoms with Crippen LogP contribution in [0.15, 0.2) is 35.9 Å². The maximum atomic E-state index is 13.6. The van der Waals surface area contributed by atoms with Crippen molar-refractivity contribution in [3.8, 4) is 0 Å². The van der Waals surface area contributed by atoms with Crippen LogP contribution < -0.4 is 0 Å². The van der Waals surface area contributed by atoms with E-state index in [1.165, 1.54) is 4.90 Å². The maximum absolute atomic E-state index is 13.6. The summed E-state index contributed by atoms with van der Waals surface area (Å²) in [5.74, 6) is -1.85. The quantitative estimate of drug-likeness (QED) is 0.580. The second kappa shape index (κ2) is 8.31. The first kappa shape index (κ1) is 24.6. The van der Waals surface area contributed by atoms with Gasteiger partial charge in [0.2, 0.25) is 0 Å². The first-order valence-corrected chi connectivity index (χ1v) is 11.9. The fourth-order valence-electron chi connectivity index (χ4n) is 6.58. The van der Waals surface area contributed by atoms with E-state index in [1.54, 1.807) is 0 Å². The Bertz CT molecular complexity index is 977. The van der Waals surface area contributed by atoms with E-state index >= 15 is 0 Å². The number of amides is 2. The number of likely N-dealkylation sites (tertiary alicyclic amines) is 1. The minimum atomic E-state index is -4.93. The highest BCUT2D eigenvalue weighted by atomic mass is 19.4. The molecule has 0 aromatic heterocycles. The van der Waals surface area contributed by atoms with Gasteiger partial charge in [0.1, 0.15) is 0 Å². The third-order valence-corrected chi connectivity index (χ3v) is 7.75. The minimum absolute atomic E-state index is 0.0802. The summed E-state index contributed by atoms with van der Waals surface area (Å²) in [6.07, 6.45) is -1.85. The molecule has 3 unspecified atom stereocenters. The molecule has 34 heavy (non-hydrogen) atoms. The molecule has 1 spiro atoms. The van der Waals surface area contributed by atoms with Gasteiger partial charge in [0, 0.05) is 36.0 Å². The Morgan fingerprint density at radius 2 is 1.79 bits per heavy atom. The number of nitrogens with zero attached hydrogens (tertiary/aromatic N) is 2. The summed E-state index contributed by atoms with van der Waals surface area (Å²) in [7, 11) is 0. The summed E-state index contributed by atoms with van der Waals surface area (Å²) in [5.41, 5.74) is 1.36. The van der Waals surface area contributed by atoms with E-state index in [0.29, 0.717) is 32.2 Å². The van der Waals surface area contributed by atoms with Crippen molar-refractivity contribution in [2.45, 2.75) is 77.7 Å². The number of alkyl halides is 3. The number of carboxylic acid groups (broad SMARTS) is 1. The Morgan fingerprint density at radius 3 is 2.29 bits per heavy atom. The summed E-state index contributed by atoms with van der Waals surface area (Å²) in [4.78, 5) is 26.7. The number of benzene rings is 1. The van der Waals surface area contributed by atoms with E-state index in [0.717, 1.165) is 16.0 Å². The fourth-order valence-corrected chi connectivity index (χ4v) is 6.58. The Morgan fingerprint density at radius 1 is 1.18 bits per heavy atom. The normalized spacial score (nSPS) is 31.0. The Hall–Kier alpha value is -2.51. The van der Waals surface area contributed by atoms with Crippen molar-refractivity contribution in [3.63, 3.8) is 0 Å². The van der Waals surface area contributed by atoms with Gasteiger partial charge >= 0.3 is 18.2 Å². The largest absolute Gasteiger partial charge is 0.471 e. The van der Waals surface area contributed by atoms with Crippen LogP contribution in [0.1, 0.15) is 58.9 Å². The molecule has 1 heterocycles. The SMILES string of the molecule is CCC(=Cc1ccccc1)C1CC1N(C(=O)C(F)(F)F)C1CC2(C1)CN(C(=O)O)C2C(C)(C)C. The summed E-state index contributed by atoms with van der Waals surface area (Å²) >= 11 is 0. The van der Waals surface area contributed by atoms with E-state index in [9.17, 15) is 27.9 Å². The predicted octanol–water partition coefficient (Wildman–Crippen LogP) is 5.82. The second-order valence-corrected chi connectivity index (χ2v) is 11.2. The molecule has 1 N–H and O–H groups in total. The second-order valence-electron chi connectivity index (χ2n) is 11.2. The molecule has 1 aromatic rings. The van der Waals surface area contributed by atoms with Gasteiger partial charge < -0.3 is 14.9 Å². The molecule has 3 fully saturated rings.